The largest absolute Gasteiger partial charge is 0.387 e. The molecule has 3 heterocycles. The number of rotatable bonds is 8. The van der Waals surface area contributed by atoms with Gasteiger partial charge >= 0.3 is 0 Å². The number of carbonyl (C=O) groups is 1. The first kappa shape index (κ1) is 21.6. The van der Waals surface area contributed by atoms with E-state index in [9.17, 15) is 18.7 Å². The van der Waals surface area contributed by atoms with Crippen LogP contribution in [0.15, 0.2) is 37.1 Å². The minimum atomic E-state index is -1.65. The average molecular weight is 418 g/mol. The topological polar surface area (TPSA) is 105 Å². The van der Waals surface area contributed by atoms with Gasteiger partial charge < -0.3 is 15.7 Å². The molecule has 0 aliphatic heterocycles. The molecule has 2 atom stereocenters. The molecule has 0 aromatic carbocycles. The van der Waals surface area contributed by atoms with Crippen LogP contribution in [0.2, 0.25) is 0 Å². The first-order valence-electron chi connectivity index (χ1n) is 9.45. The Morgan fingerprint density at radius 3 is 2.80 bits per heavy atom. The molecule has 0 radical (unpaired) electrons. The van der Waals surface area contributed by atoms with Crippen molar-refractivity contribution in [1.29, 1.82) is 0 Å². The van der Waals surface area contributed by atoms with Crippen molar-refractivity contribution < 1.29 is 18.7 Å². The average Bonchev–Trinajstić information content (AvgIpc) is 3.15. The molecule has 160 valence electrons. The predicted molar refractivity (Wildman–Crippen MR) is 109 cm³/mol. The van der Waals surface area contributed by atoms with Crippen LogP contribution in [0.4, 0.5) is 14.5 Å². The maximum atomic E-state index is 14.0. The van der Waals surface area contributed by atoms with Crippen LogP contribution in [0.5, 0.6) is 0 Å². The number of aromatic nitrogens is 4. The maximum absolute atomic E-state index is 14.0. The van der Waals surface area contributed by atoms with Gasteiger partial charge in [0, 0.05) is 30.0 Å². The Hall–Kier alpha value is -3.14. The molecule has 1 unspecified atom stereocenters. The van der Waals surface area contributed by atoms with E-state index in [2.05, 4.69) is 25.6 Å². The first-order chi connectivity index (χ1) is 14.2. The number of halogens is 2. The standard InChI is InChI=1S/C20H24F2N6O2/c1-12(7-21)27-15-6-17(28-5-4-13-8-23-11-26-18(13)28)24-9-14(15)19(29)25-10-16(22)20(2,3)30/h4-6,8-9,11-12,16,30H,7,10H2,1-3H3,(H,24,27)(H,25,29)/t12?,16-/m1/s1. The van der Waals surface area contributed by atoms with Gasteiger partial charge in [-0.3, -0.25) is 9.36 Å². The lowest BCUT2D eigenvalue weighted by Crippen LogP contribution is -2.42. The van der Waals surface area contributed by atoms with E-state index in [4.69, 9.17) is 0 Å². The molecule has 3 N–H and O–H groups in total. The Morgan fingerprint density at radius 2 is 2.10 bits per heavy atom. The number of hydrogen-bond acceptors (Lipinski definition) is 6. The van der Waals surface area contributed by atoms with E-state index in [1.165, 1.54) is 26.4 Å². The van der Waals surface area contributed by atoms with Gasteiger partial charge in [0.05, 0.1) is 29.4 Å². The summed E-state index contributed by atoms with van der Waals surface area (Å²) >= 11 is 0. The summed E-state index contributed by atoms with van der Waals surface area (Å²) in [5.41, 5.74) is -0.480. The summed E-state index contributed by atoms with van der Waals surface area (Å²) in [4.78, 5) is 25.2. The van der Waals surface area contributed by atoms with E-state index in [1.807, 2.05) is 6.07 Å². The van der Waals surface area contributed by atoms with Crippen LogP contribution in [0.1, 0.15) is 31.1 Å². The van der Waals surface area contributed by atoms with Crippen molar-refractivity contribution in [2.24, 2.45) is 0 Å². The van der Waals surface area contributed by atoms with E-state index in [0.29, 0.717) is 17.2 Å². The van der Waals surface area contributed by atoms with E-state index in [0.717, 1.165) is 5.39 Å². The SMILES string of the molecule is CC(CF)Nc1cc(-n2ccc3cncnc32)ncc1C(=O)NC[C@@H](F)C(C)(C)O. The number of anilines is 1. The summed E-state index contributed by atoms with van der Waals surface area (Å²) in [6, 6.07) is 2.87. The highest BCUT2D eigenvalue weighted by Crippen LogP contribution is 2.23. The third-order valence-corrected chi connectivity index (χ3v) is 4.57. The Morgan fingerprint density at radius 1 is 1.33 bits per heavy atom. The minimum absolute atomic E-state index is 0.132. The highest BCUT2D eigenvalue weighted by molar-refractivity contribution is 5.99. The predicted octanol–water partition coefficient (Wildman–Crippen LogP) is 2.42. The van der Waals surface area contributed by atoms with Crippen molar-refractivity contribution in [3.8, 4) is 5.82 Å². The van der Waals surface area contributed by atoms with Gasteiger partial charge in [-0.1, -0.05) is 0 Å². The van der Waals surface area contributed by atoms with Gasteiger partial charge in [-0.05, 0) is 26.8 Å². The third-order valence-electron chi connectivity index (χ3n) is 4.57. The Labute approximate surface area is 172 Å². The summed E-state index contributed by atoms with van der Waals surface area (Å²) < 4.78 is 28.8. The van der Waals surface area contributed by atoms with Crippen LogP contribution < -0.4 is 10.6 Å². The number of amides is 1. The van der Waals surface area contributed by atoms with Gasteiger partial charge in [-0.2, -0.15) is 0 Å². The van der Waals surface area contributed by atoms with Crippen molar-refractivity contribution >= 4 is 22.6 Å². The maximum Gasteiger partial charge on any atom is 0.255 e. The lowest BCUT2D eigenvalue weighted by Gasteiger charge is -2.23. The van der Waals surface area contributed by atoms with Crippen LogP contribution in [0, 0.1) is 0 Å². The quantitative estimate of drug-likeness (QED) is 0.519. The van der Waals surface area contributed by atoms with Gasteiger partial charge in [0.25, 0.3) is 5.91 Å². The van der Waals surface area contributed by atoms with Crippen LogP contribution in [0.25, 0.3) is 16.9 Å². The Balaban J connectivity index is 1.92. The second kappa shape index (κ2) is 8.70. The zero-order chi connectivity index (χ0) is 21.9. The second-order valence-electron chi connectivity index (χ2n) is 7.61. The van der Waals surface area contributed by atoms with E-state index in [-0.39, 0.29) is 12.1 Å². The van der Waals surface area contributed by atoms with Gasteiger partial charge in [-0.15, -0.1) is 0 Å². The smallest absolute Gasteiger partial charge is 0.255 e. The molecule has 8 nitrogen and oxygen atoms in total. The molecule has 0 spiro atoms. The van der Waals surface area contributed by atoms with E-state index >= 15 is 0 Å². The zero-order valence-electron chi connectivity index (χ0n) is 16.9. The fourth-order valence-corrected chi connectivity index (χ4v) is 2.77. The van der Waals surface area contributed by atoms with Crippen molar-refractivity contribution in [1.82, 2.24) is 24.8 Å². The highest BCUT2D eigenvalue weighted by atomic mass is 19.1. The molecular formula is C20H24F2N6O2. The molecule has 0 bridgehead atoms. The summed E-state index contributed by atoms with van der Waals surface area (Å²) in [5.74, 6) is -0.122. The second-order valence-corrected chi connectivity index (χ2v) is 7.61. The number of aliphatic hydroxyl groups is 1. The summed E-state index contributed by atoms with van der Waals surface area (Å²) in [5, 5.41) is 15.9. The molecule has 0 saturated carbocycles. The summed E-state index contributed by atoms with van der Waals surface area (Å²) in [6.45, 7) is 3.25. The molecule has 3 rings (SSSR count). The molecular weight excluding hydrogens is 394 g/mol. The fraction of sp³-hybridized carbons (Fsp3) is 0.400. The summed E-state index contributed by atoms with van der Waals surface area (Å²) in [6.07, 6.45) is 4.53. The molecule has 30 heavy (non-hydrogen) atoms. The number of carbonyl (C=O) groups excluding carboxylic acids is 1. The normalized spacial score (nSPS) is 13.8. The van der Waals surface area contributed by atoms with Crippen molar-refractivity contribution in [3.05, 3.63) is 42.6 Å². The molecule has 3 aromatic heterocycles. The lowest BCUT2D eigenvalue weighted by atomic mass is 10.0. The van der Waals surface area contributed by atoms with E-state index in [1.54, 1.807) is 30.0 Å². The number of nitrogens with zero attached hydrogens (tertiary/aromatic N) is 4. The van der Waals surface area contributed by atoms with Crippen LogP contribution >= 0.6 is 0 Å². The minimum Gasteiger partial charge on any atom is -0.387 e. The molecule has 0 fully saturated rings. The van der Waals surface area contributed by atoms with Gasteiger partial charge in [0.15, 0.2) is 0 Å². The van der Waals surface area contributed by atoms with Crippen LogP contribution in [-0.4, -0.2) is 61.6 Å². The van der Waals surface area contributed by atoms with E-state index < -0.39 is 30.4 Å². The number of nitrogens with one attached hydrogen (secondary N) is 2. The van der Waals surface area contributed by atoms with Crippen molar-refractivity contribution in [2.45, 2.75) is 38.6 Å². The molecule has 3 aromatic rings. The van der Waals surface area contributed by atoms with Gasteiger partial charge in [0.1, 0.15) is 30.6 Å². The molecule has 10 heteroatoms. The number of alkyl halides is 2. The zero-order valence-corrected chi connectivity index (χ0v) is 16.9. The molecule has 1 amide bonds. The third kappa shape index (κ3) is 4.70. The van der Waals surface area contributed by atoms with Crippen molar-refractivity contribution in [3.63, 3.8) is 0 Å². The first-order valence-corrected chi connectivity index (χ1v) is 9.45. The Bertz CT molecular complexity index is 1030. The van der Waals surface area contributed by atoms with Crippen molar-refractivity contribution in [2.75, 3.05) is 18.5 Å². The fourth-order valence-electron chi connectivity index (χ4n) is 2.77. The van der Waals surface area contributed by atoms with Crippen LogP contribution in [-0.2, 0) is 0 Å². The molecule has 0 aliphatic carbocycles. The number of hydrogen-bond donors (Lipinski definition) is 3. The lowest BCUT2D eigenvalue weighted by molar-refractivity contribution is -0.00177. The van der Waals surface area contributed by atoms with Gasteiger partial charge in [0.2, 0.25) is 0 Å². The molecule has 0 saturated heterocycles. The number of pyridine rings is 1. The number of fused-ring (bicyclic) bond motifs is 1. The Kier molecular flexibility index (Phi) is 6.25. The highest BCUT2D eigenvalue weighted by Gasteiger charge is 2.27. The van der Waals surface area contributed by atoms with Gasteiger partial charge in [-0.25, -0.2) is 23.7 Å². The summed E-state index contributed by atoms with van der Waals surface area (Å²) in [7, 11) is 0. The van der Waals surface area contributed by atoms with Crippen LogP contribution in [0.3, 0.4) is 0 Å². The monoisotopic (exact) mass is 418 g/mol. The molecule has 0 aliphatic rings.